The molecule has 16 heavy (non-hydrogen) atoms. The molecule has 2 aromatic rings. The smallest absolute Gasteiger partial charge is 0.269 e. The van der Waals surface area contributed by atoms with E-state index in [0.29, 0.717) is 11.2 Å². The molecule has 0 fully saturated rings. The zero-order valence-electron chi connectivity index (χ0n) is 8.09. The van der Waals surface area contributed by atoms with E-state index in [0.717, 1.165) is 11.3 Å². The van der Waals surface area contributed by atoms with Gasteiger partial charge in [-0.3, -0.25) is 10.1 Å². The number of nitro groups is 1. The second-order valence-corrected chi connectivity index (χ2v) is 3.64. The highest BCUT2D eigenvalue weighted by atomic mass is 79.9. The number of oxazole rings is 1. The van der Waals surface area contributed by atoms with E-state index < -0.39 is 4.92 Å². The van der Waals surface area contributed by atoms with Crippen LogP contribution in [0.2, 0.25) is 0 Å². The van der Waals surface area contributed by atoms with Gasteiger partial charge in [-0.05, 0) is 12.1 Å². The Kier molecular flexibility index (Phi) is 3.00. The highest BCUT2D eigenvalue weighted by molar-refractivity contribution is 9.08. The number of halogens is 1. The van der Waals surface area contributed by atoms with Crippen LogP contribution in [0, 0.1) is 10.1 Å². The predicted octanol–water partition coefficient (Wildman–Crippen LogP) is 3.14. The van der Waals surface area contributed by atoms with E-state index in [9.17, 15) is 10.1 Å². The van der Waals surface area contributed by atoms with E-state index in [1.165, 1.54) is 12.1 Å². The Morgan fingerprint density at radius 3 is 2.56 bits per heavy atom. The third-order valence-corrected chi connectivity index (χ3v) is 2.59. The molecule has 0 amide bonds. The molecule has 0 N–H and O–H groups in total. The molecule has 0 atom stereocenters. The third-order valence-electron chi connectivity index (χ3n) is 2.01. The van der Waals surface area contributed by atoms with Crippen molar-refractivity contribution in [2.75, 3.05) is 0 Å². The zero-order valence-corrected chi connectivity index (χ0v) is 9.68. The number of benzene rings is 1. The van der Waals surface area contributed by atoms with Crippen LogP contribution in [-0.4, -0.2) is 9.91 Å². The first-order valence-corrected chi connectivity index (χ1v) is 5.58. The lowest BCUT2D eigenvalue weighted by Gasteiger charge is -1.94. The Morgan fingerprint density at radius 2 is 2.06 bits per heavy atom. The fourth-order valence-electron chi connectivity index (χ4n) is 1.23. The van der Waals surface area contributed by atoms with E-state index in [2.05, 4.69) is 20.9 Å². The first kappa shape index (κ1) is 10.8. The van der Waals surface area contributed by atoms with Crippen LogP contribution in [-0.2, 0) is 5.33 Å². The van der Waals surface area contributed by atoms with Crippen LogP contribution in [0.1, 0.15) is 5.69 Å². The molecule has 0 unspecified atom stereocenters. The monoisotopic (exact) mass is 282 g/mol. The van der Waals surface area contributed by atoms with E-state index >= 15 is 0 Å². The van der Waals surface area contributed by atoms with Gasteiger partial charge in [-0.1, -0.05) is 15.9 Å². The predicted molar refractivity (Wildman–Crippen MR) is 61.2 cm³/mol. The molecule has 2 rings (SSSR count). The molecule has 0 bridgehead atoms. The lowest BCUT2D eigenvalue weighted by Crippen LogP contribution is -1.87. The maximum Gasteiger partial charge on any atom is 0.269 e. The summed E-state index contributed by atoms with van der Waals surface area (Å²) in [5.41, 5.74) is 1.56. The highest BCUT2D eigenvalue weighted by Gasteiger charge is 2.09. The quantitative estimate of drug-likeness (QED) is 0.493. The van der Waals surface area contributed by atoms with Crippen molar-refractivity contribution in [1.82, 2.24) is 4.98 Å². The minimum atomic E-state index is -0.441. The van der Waals surface area contributed by atoms with Crippen LogP contribution in [0.15, 0.2) is 34.9 Å². The van der Waals surface area contributed by atoms with Crippen molar-refractivity contribution in [2.24, 2.45) is 0 Å². The van der Waals surface area contributed by atoms with Crippen LogP contribution in [0.5, 0.6) is 0 Å². The topological polar surface area (TPSA) is 69.2 Å². The summed E-state index contributed by atoms with van der Waals surface area (Å²) in [5, 5.41) is 11.1. The van der Waals surface area contributed by atoms with Crippen LogP contribution in [0.4, 0.5) is 5.69 Å². The average molecular weight is 283 g/mol. The normalized spacial score (nSPS) is 10.3. The van der Waals surface area contributed by atoms with Gasteiger partial charge in [0.1, 0.15) is 6.26 Å². The minimum absolute atomic E-state index is 0.0519. The standard InChI is InChI=1S/C10H7BrN2O3/c11-5-8-6-16-10(12-8)7-1-3-9(4-2-7)13(14)15/h1-4,6H,5H2. The third kappa shape index (κ3) is 2.11. The molecule has 0 radical (unpaired) electrons. The van der Waals surface area contributed by atoms with Gasteiger partial charge in [-0.25, -0.2) is 4.98 Å². The van der Waals surface area contributed by atoms with Crippen molar-refractivity contribution in [3.8, 4) is 11.5 Å². The summed E-state index contributed by atoms with van der Waals surface area (Å²) in [6, 6.07) is 6.07. The molecular formula is C10H7BrN2O3. The molecule has 0 spiro atoms. The van der Waals surface area contributed by atoms with Crippen molar-refractivity contribution < 1.29 is 9.34 Å². The first-order chi connectivity index (χ1) is 7.70. The second kappa shape index (κ2) is 4.44. The van der Waals surface area contributed by atoms with Gasteiger partial charge in [0.2, 0.25) is 5.89 Å². The summed E-state index contributed by atoms with van der Waals surface area (Å²) in [6.07, 6.45) is 1.55. The molecule has 0 saturated carbocycles. The molecule has 1 aromatic carbocycles. The zero-order chi connectivity index (χ0) is 11.5. The maximum atomic E-state index is 10.5. The number of alkyl halides is 1. The minimum Gasteiger partial charge on any atom is -0.444 e. The van der Waals surface area contributed by atoms with Crippen LogP contribution >= 0.6 is 15.9 Å². The van der Waals surface area contributed by atoms with Gasteiger partial charge in [-0.2, -0.15) is 0 Å². The van der Waals surface area contributed by atoms with E-state index in [1.54, 1.807) is 18.4 Å². The number of hydrogen-bond acceptors (Lipinski definition) is 4. The number of hydrogen-bond donors (Lipinski definition) is 0. The van der Waals surface area contributed by atoms with E-state index in [4.69, 9.17) is 4.42 Å². The molecule has 1 heterocycles. The van der Waals surface area contributed by atoms with Crippen LogP contribution < -0.4 is 0 Å². The summed E-state index contributed by atoms with van der Waals surface area (Å²) >= 11 is 3.26. The van der Waals surface area contributed by atoms with E-state index in [-0.39, 0.29) is 5.69 Å². The van der Waals surface area contributed by atoms with Gasteiger partial charge in [0, 0.05) is 23.0 Å². The number of nitro benzene ring substituents is 1. The fourth-order valence-corrected chi connectivity index (χ4v) is 1.48. The Hall–Kier alpha value is -1.69. The summed E-state index contributed by atoms with van der Waals surface area (Å²) in [6.45, 7) is 0. The molecule has 0 aliphatic carbocycles. The highest BCUT2D eigenvalue weighted by Crippen LogP contribution is 2.22. The van der Waals surface area contributed by atoms with Gasteiger partial charge in [-0.15, -0.1) is 0 Å². The average Bonchev–Trinajstić information content (AvgIpc) is 2.77. The van der Waals surface area contributed by atoms with E-state index in [1.807, 2.05) is 0 Å². The Labute approximate surface area is 99.4 Å². The Morgan fingerprint density at radius 1 is 1.38 bits per heavy atom. The van der Waals surface area contributed by atoms with Crippen molar-refractivity contribution >= 4 is 21.6 Å². The van der Waals surface area contributed by atoms with Crippen molar-refractivity contribution in [3.63, 3.8) is 0 Å². The number of non-ortho nitro benzene ring substituents is 1. The summed E-state index contributed by atoms with van der Waals surface area (Å²) in [5.74, 6) is 0.462. The molecular weight excluding hydrogens is 276 g/mol. The molecule has 0 saturated heterocycles. The summed E-state index contributed by atoms with van der Waals surface area (Å²) < 4.78 is 5.23. The lowest BCUT2D eigenvalue weighted by molar-refractivity contribution is -0.384. The summed E-state index contributed by atoms with van der Waals surface area (Å²) in [4.78, 5) is 14.2. The molecule has 1 aromatic heterocycles. The van der Waals surface area contributed by atoms with Gasteiger partial charge in [0.15, 0.2) is 0 Å². The largest absolute Gasteiger partial charge is 0.444 e. The first-order valence-electron chi connectivity index (χ1n) is 4.46. The number of rotatable bonds is 3. The SMILES string of the molecule is O=[N+]([O-])c1ccc(-c2nc(CBr)co2)cc1. The van der Waals surface area contributed by atoms with Gasteiger partial charge in [0.05, 0.1) is 10.6 Å². The number of aromatic nitrogens is 1. The molecule has 0 aliphatic heterocycles. The molecule has 0 aliphatic rings. The Bertz CT molecular complexity index is 507. The van der Waals surface area contributed by atoms with Crippen LogP contribution in [0.25, 0.3) is 11.5 Å². The van der Waals surface area contributed by atoms with Gasteiger partial charge < -0.3 is 4.42 Å². The molecule has 82 valence electrons. The van der Waals surface area contributed by atoms with Crippen LogP contribution in [0.3, 0.4) is 0 Å². The summed E-state index contributed by atoms with van der Waals surface area (Å²) in [7, 11) is 0. The van der Waals surface area contributed by atoms with Crippen molar-refractivity contribution in [3.05, 3.63) is 46.3 Å². The van der Waals surface area contributed by atoms with Gasteiger partial charge >= 0.3 is 0 Å². The van der Waals surface area contributed by atoms with Crippen molar-refractivity contribution in [2.45, 2.75) is 5.33 Å². The molecule has 6 heteroatoms. The molecule has 5 nitrogen and oxygen atoms in total. The number of nitrogens with zero attached hydrogens (tertiary/aromatic N) is 2. The Balaban J connectivity index is 2.30. The lowest BCUT2D eigenvalue weighted by atomic mass is 10.2. The van der Waals surface area contributed by atoms with Gasteiger partial charge in [0.25, 0.3) is 5.69 Å². The fraction of sp³-hybridized carbons (Fsp3) is 0.100. The van der Waals surface area contributed by atoms with Crippen molar-refractivity contribution in [1.29, 1.82) is 0 Å². The maximum absolute atomic E-state index is 10.5. The second-order valence-electron chi connectivity index (χ2n) is 3.08.